The zero-order valence-corrected chi connectivity index (χ0v) is 27.0. The zero-order chi connectivity index (χ0) is 28.9. The molecule has 4 heteroatoms. The molecule has 0 aromatic heterocycles. The summed E-state index contributed by atoms with van der Waals surface area (Å²) in [6.45, 7) is 16.6. The van der Waals surface area contributed by atoms with E-state index in [0.29, 0.717) is 23.2 Å². The van der Waals surface area contributed by atoms with E-state index in [-0.39, 0.29) is 16.4 Å². The molecular formula is C36H54O3S. The maximum atomic E-state index is 13.0. The Bertz CT molecular complexity index is 1210. The van der Waals surface area contributed by atoms with Gasteiger partial charge in [-0.1, -0.05) is 83.0 Å². The Balaban J connectivity index is 1.28. The lowest BCUT2D eigenvalue weighted by molar-refractivity contribution is -0.0523. The molecule has 0 bridgehead atoms. The first-order valence-electron chi connectivity index (χ1n) is 16.3. The van der Waals surface area contributed by atoms with Crippen LogP contribution in [0.3, 0.4) is 0 Å². The predicted molar refractivity (Wildman–Crippen MR) is 165 cm³/mol. The summed E-state index contributed by atoms with van der Waals surface area (Å²) in [5, 5.41) is 0. The van der Waals surface area contributed by atoms with E-state index in [9.17, 15) is 8.42 Å². The van der Waals surface area contributed by atoms with Crippen LogP contribution in [0.15, 0.2) is 53.0 Å². The Morgan fingerprint density at radius 1 is 0.975 bits per heavy atom. The Hall–Kier alpha value is -1.39. The molecule has 40 heavy (non-hydrogen) atoms. The molecule has 2 unspecified atom stereocenters. The summed E-state index contributed by atoms with van der Waals surface area (Å²) in [5.74, 6) is 5.13. The number of aryl methyl sites for hydroxylation is 1. The van der Waals surface area contributed by atoms with Crippen molar-refractivity contribution in [3.8, 4) is 0 Å². The molecule has 1 aromatic rings. The van der Waals surface area contributed by atoms with Gasteiger partial charge in [0.25, 0.3) is 10.1 Å². The third-order valence-electron chi connectivity index (χ3n) is 12.3. The first-order chi connectivity index (χ1) is 18.9. The van der Waals surface area contributed by atoms with Gasteiger partial charge in [0.15, 0.2) is 0 Å². The van der Waals surface area contributed by atoms with Gasteiger partial charge < -0.3 is 0 Å². The Labute approximate surface area is 245 Å². The molecule has 0 N–H and O–H groups in total. The van der Waals surface area contributed by atoms with Crippen LogP contribution >= 0.6 is 0 Å². The molecule has 4 aliphatic rings. The van der Waals surface area contributed by atoms with Gasteiger partial charge in [-0.3, -0.25) is 4.18 Å². The lowest BCUT2D eigenvalue weighted by atomic mass is 9.47. The van der Waals surface area contributed by atoms with E-state index >= 15 is 0 Å². The lowest BCUT2D eigenvalue weighted by Crippen LogP contribution is -2.51. The average molecular weight is 567 g/mol. The van der Waals surface area contributed by atoms with Crippen molar-refractivity contribution in [2.45, 2.75) is 117 Å². The molecule has 0 spiro atoms. The van der Waals surface area contributed by atoms with Crippen LogP contribution in [-0.2, 0) is 14.3 Å². The van der Waals surface area contributed by atoms with Crippen molar-refractivity contribution < 1.29 is 12.6 Å². The molecule has 4 aliphatic carbocycles. The summed E-state index contributed by atoms with van der Waals surface area (Å²) in [6, 6.07) is 7.01. The van der Waals surface area contributed by atoms with Gasteiger partial charge in [0.2, 0.25) is 0 Å². The normalized spacial score (nSPS) is 37.5. The molecule has 3 fully saturated rings. The summed E-state index contributed by atoms with van der Waals surface area (Å²) in [4.78, 5) is 0.268. The Morgan fingerprint density at radius 2 is 1.70 bits per heavy atom. The zero-order valence-electron chi connectivity index (χ0n) is 26.2. The summed E-state index contributed by atoms with van der Waals surface area (Å²) in [7, 11) is -3.74. The van der Waals surface area contributed by atoms with Gasteiger partial charge in [-0.15, -0.1) is 0 Å². The molecule has 3 saturated carbocycles. The fraction of sp³-hybridized carbons (Fsp3) is 0.722. The highest BCUT2D eigenvalue weighted by atomic mass is 32.2. The number of allylic oxidation sites excluding steroid dienone is 3. The lowest BCUT2D eigenvalue weighted by Gasteiger charge is -2.58. The van der Waals surface area contributed by atoms with Crippen LogP contribution in [0.2, 0.25) is 0 Å². The number of hydrogen-bond acceptors (Lipinski definition) is 3. The maximum absolute atomic E-state index is 13.0. The Morgan fingerprint density at radius 3 is 2.38 bits per heavy atom. The van der Waals surface area contributed by atoms with Crippen LogP contribution in [0, 0.1) is 59.2 Å². The van der Waals surface area contributed by atoms with Crippen molar-refractivity contribution in [3.63, 3.8) is 0 Å². The smallest absolute Gasteiger partial charge is 0.263 e. The van der Waals surface area contributed by atoms with E-state index < -0.39 is 10.1 Å². The minimum Gasteiger partial charge on any atom is -0.263 e. The second-order valence-corrected chi connectivity index (χ2v) is 16.3. The summed E-state index contributed by atoms with van der Waals surface area (Å²) in [5.41, 5.74) is 3.15. The molecule has 222 valence electrons. The van der Waals surface area contributed by atoms with Crippen molar-refractivity contribution in [2.24, 2.45) is 52.3 Å². The van der Waals surface area contributed by atoms with Gasteiger partial charge in [-0.05, 0) is 129 Å². The van der Waals surface area contributed by atoms with Crippen LogP contribution in [0.4, 0.5) is 0 Å². The fourth-order valence-electron chi connectivity index (χ4n) is 9.84. The van der Waals surface area contributed by atoms with E-state index in [1.165, 1.54) is 37.7 Å². The van der Waals surface area contributed by atoms with Gasteiger partial charge in [-0.2, -0.15) is 8.42 Å². The third-order valence-corrected chi connectivity index (χ3v) is 13.7. The highest BCUT2D eigenvalue weighted by molar-refractivity contribution is 7.86. The molecule has 0 aliphatic heterocycles. The first-order valence-corrected chi connectivity index (χ1v) is 17.7. The van der Waals surface area contributed by atoms with Crippen LogP contribution < -0.4 is 0 Å². The number of hydrogen-bond donors (Lipinski definition) is 0. The highest BCUT2D eigenvalue weighted by Crippen LogP contribution is 2.67. The molecule has 1 aromatic carbocycles. The van der Waals surface area contributed by atoms with Gasteiger partial charge in [0.1, 0.15) is 0 Å². The molecule has 3 nitrogen and oxygen atoms in total. The van der Waals surface area contributed by atoms with E-state index in [0.717, 1.165) is 54.9 Å². The summed E-state index contributed by atoms with van der Waals surface area (Å²) >= 11 is 0. The molecule has 5 rings (SSSR count). The molecule has 0 heterocycles. The van der Waals surface area contributed by atoms with E-state index in [4.69, 9.17) is 4.18 Å². The predicted octanol–water partition coefficient (Wildman–Crippen LogP) is 9.52. The van der Waals surface area contributed by atoms with Gasteiger partial charge in [0.05, 0.1) is 11.0 Å². The van der Waals surface area contributed by atoms with Crippen molar-refractivity contribution in [1.82, 2.24) is 0 Å². The minimum atomic E-state index is -3.74. The number of fused-ring (bicyclic) bond motifs is 5. The summed E-state index contributed by atoms with van der Waals surface area (Å²) in [6.07, 6.45) is 17.8. The topological polar surface area (TPSA) is 43.4 Å². The Kier molecular flexibility index (Phi) is 8.54. The van der Waals surface area contributed by atoms with Gasteiger partial charge in [0, 0.05) is 0 Å². The maximum Gasteiger partial charge on any atom is 0.297 e. The number of rotatable bonds is 8. The van der Waals surface area contributed by atoms with Crippen molar-refractivity contribution in [3.05, 3.63) is 53.6 Å². The van der Waals surface area contributed by atoms with Crippen LogP contribution in [-0.4, -0.2) is 14.5 Å². The number of benzene rings is 1. The van der Waals surface area contributed by atoms with E-state index in [1.54, 1.807) is 12.1 Å². The second-order valence-electron chi connectivity index (χ2n) is 14.8. The SMILES string of the molecule is CC[C@H](/C=C/C(C)C1CC[C@@H]2[C@@H]3CC=C4C[C@H](OS(=O)(=O)c5ccc(C)cc5)CC[C@]4(C)[C@H]3CC[C@]12C)C(C)C. The quantitative estimate of drug-likeness (QED) is 0.232. The van der Waals surface area contributed by atoms with E-state index in [1.807, 2.05) is 19.1 Å². The summed E-state index contributed by atoms with van der Waals surface area (Å²) < 4.78 is 31.9. The molecule has 0 radical (unpaired) electrons. The van der Waals surface area contributed by atoms with Crippen molar-refractivity contribution >= 4 is 10.1 Å². The largest absolute Gasteiger partial charge is 0.297 e. The second kappa shape index (κ2) is 11.4. The molecule has 0 saturated heterocycles. The standard InChI is InChI=1S/C36H54O3S/c1-8-27(24(2)3)12-11-26(5)32-17-18-33-31-16-13-28-23-29(39-40(37,38)30-14-9-25(4)10-15-30)19-21-35(28,6)34(31)20-22-36(32,33)7/h9-15,24,26-27,29,31-34H,8,16-23H2,1-7H3/b12-11+/t26?,27-,29-,31+,32?,33-,34+,35+,36-/m1/s1. The fourth-order valence-corrected chi connectivity index (χ4v) is 10.9. The monoisotopic (exact) mass is 566 g/mol. The van der Waals surface area contributed by atoms with Crippen molar-refractivity contribution in [1.29, 1.82) is 0 Å². The molecule has 9 atom stereocenters. The highest BCUT2D eigenvalue weighted by Gasteiger charge is 2.59. The van der Waals surface area contributed by atoms with Crippen LogP contribution in [0.1, 0.15) is 105 Å². The first kappa shape index (κ1) is 30.1. The average Bonchev–Trinajstić information content (AvgIpc) is 3.26. The van der Waals surface area contributed by atoms with Gasteiger partial charge in [-0.25, -0.2) is 0 Å². The van der Waals surface area contributed by atoms with Crippen LogP contribution in [0.25, 0.3) is 0 Å². The molecule has 0 amide bonds. The minimum absolute atomic E-state index is 0.187. The van der Waals surface area contributed by atoms with E-state index in [2.05, 4.69) is 59.8 Å². The van der Waals surface area contributed by atoms with Gasteiger partial charge >= 0.3 is 0 Å². The van der Waals surface area contributed by atoms with Crippen LogP contribution in [0.5, 0.6) is 0 Å². The third kappa shape index (κ3) is 5.41. The van der Waals surface area contributed by atoms with Crippen molar-refractivity contribution in [2.75, 3.05) is 0 Å². The molecular weight excluding hydrogens is 512 g/mol.